The molecular formula is C17H25N3S. The Morgan fingerprint density at radius 3 is 3.00 bits per heavy atom. The molecule has 1 aliphatic rings. The highest BCUT2D eigenvalue weighted by molar-refractivity contribution is 7.12. The highest BCUT2D eigenvalue weighted by Gasteiger charge is 2.22. The van der Waals surface area contributed by atoms with Gasteiger partial charge in [0.15, 0.2) is 0 Å². The molecule has 0 aliphatic heterocycles. The predicted molar refractivity (Wildman–Crippen MR) is 89.0 cm³/mol. The Morgan fingerprint density at radius 1 is 1.33 bits per heavy atom. The molecule has 1 unspecified atom stereocenters. The molecule has 0 bridgehead atoms. The third kappa shape index (κ3) is 3.06. The number of hydrogen-bond donors (Lipinski definition) is 1. The number of nitrogens with one attached hydrogen (secondary N) is 1. The van der Waals surface area contributed by atoms with Crippen molar-refractivity contribution in [2.75, 3.05) is 7.05 Å². The molecule has 0 radical (unpaired) electrons. The van der Waals surface area contributed by atoms with Gasteiger partial charge in [-0.1, -0.05) is 13.3 Å². The van der Waals surface area contributed by atoms with E-state index in [1.807, 2.05) is 24.6 Å². The van der Waals surface area contributed by atoms with E-state index in [9.17, 15) is 0 Å². The molecule has 2 heterocycles. The second kappa shape index (κ2) is 6.75. The SMILES string of the molecule is CCCn1ccnc1C(NC)c1cc2c(s1)CCCCC2. The second-order valence-electron chi connectivity index (χ2n) is 5.86. The third-order valence-corrected chi connectivity index (χ3v) is 5.61. The first-order valence-corrected chi connectivity index (χ1v) is 8.95. The van der Waals surface area contributed by atoms with E-state index < -0.39 is 0 Å². The van der Waals surface area contributed by atoms with Gasteiger partial charge >= 0.3 is 0 Å². The first-order chi connectivity index (χ1) is 10.3. The molecule has 0 fully saturated rings. The number of hydrogen-bond acceptors (Lipinski definition) is 3. The summed E-state index contributed by atoms with van der Waals surface area (Å²) in [4.78, 5) is 7.65. The molecule has 4 heteroatoms. The minimum Gasteiger partial charge on any atom is -0.333 e. The van der Waals surface area contributed by atoms with Crippen molar-refractivity contribution in [3.63, 3.8) is 0 Å². The third-order valence-electron chi connectivity index (χ3n) is 4.31. The predicted octanol–water partition coefficient (Wildman–Crippen LogP) is 3.93. The topological polar surface area (TPSA) is 29.9 Å². The highest BCUT2D eigenvalue weighted by Crippen LogP contribution is 2.34. The zero-order chi connectivity index (χ0) is 14.7. The first kappa shape index (κ1) is 14.8. The fourth-order valence-electron chi connectivity index (χ4n) is 3.24. The Kier molecular flexibility index (Phi) is 4.76. The summed E-state index contributed by atoms with van der Waals surface area (Å²) in [6, 6.07) is 2.65. The van der Waals surface area contributed by atoms with Crippen molar-refractivity contribution in [3.05, 3.63) is 39.6 Å². The van der Waals surface area contributed by atoms with E-state index in [1.165, 1.54) is 37.0 Å². The van der Waals surface area contributed by atoms with Gasteiger partial charge in [-0.2, -0.15) is 0 Å². The van der Waals surface area contributed by atoms with E-state index in [4.69, 9.17) is 0 Å². The highest BCUT2D eigenvalue weighted by atomic mass is 32.1. The van der Waals surface area contributed by atoms with Crippen LogP contribution < -0.4 is 5.32 Å². The van der Waals surface area contributed by atoms with Crippen LogP contribution in [0.3, 0.4) is 0 Å². The smallest absolute Gasteiger partial charge is 0.131 e. The van der Waals surface area contributed by atoms with Crippen LogP contribution >= 0.6 is 11.3 Å². The minimum atomic E-state index is 0.225. The lowest BCUT2D eigenvalue weighted by molar-refractivity contribution is 0.573. The van der Waals surface area contributed by atoms with E-state index >= 15 is 0 Å². The number of aromatic nitrogens is 2. The summed E-state index contributed by atoms with van der Waals surface area (Å²) in [7, 11) is 2.04. The van der Waals surface area contributed by atoms with Crippen LogP contribution in [0.5, 0.6) is 0 Å². The Morgan fingerprint density at radius 2 is 2.19 bits per heavy atom. The molecule has 1 aliphatic carbocycles. The first-order valence-electron chi connectivity index (χ1n) is 8.13. The lowest BCUT2D eigenvalue weighted by Gasteiger charge is -2.16. The maximum absolute atomic E-state index is 4.61. The molecule has 21 heavy (non-hydrogen) atoms. The number of thiophene rings is 1. The van der Waals surface area contributed by atoms with Crippen molar-refractivity contribution in [3.8, 4) is 0 Å². The molecule has 0 aromatic carbocycles. The molecule has 0 amide bonds. The van der Waals surface area contributed by atoms with E-state index in [0.29, 0.717) is 0 Å². The van der Waals surface area contributed by atoms with Crippen LogP contribution in [-0.4, -0.2) is 16.6 Å². The van der Waals surface area contributed by atoms with Crippen LogP contribution in [0.2, 0.25) is 0 Å². The second-order valence-corrected chi connectivity index (χ2v) is 7.03. The molecular weight excluding hydrogens is 278 g/mol. The Bertz CT molecular complexity index is 561. The zero-order valence-electron chi connectivity index (χ0n) is 13.1. The molecule has 2 aromatic rings. The summed E-state index contributed by atoms with van der Waals surface area (Å²) in [6.07, 6.45) is 11.8. The maximum Gasteiger partial charge on any atom is 0.131 e. The molecule has 3 rings (SSSR count). The largest absolute Gasteiger partial charge is 0.333 e. The lowest BCUT2D eigenvalue weighted by Crippen LogP contribution is -2.21. The van der Waals surface area contributed by atoms with Gasteiger partial charge in [-0.3, -0.25) is 0 Å². The average molecular weight is 303 g/mol. The van der Waals surface area contributed by atoms with Gasteiger partial charge in [-0.15, -0.1) is 11.3 Å². The summed E-state index contributed by atoms with van der Waals surface area (Å²) in [5, 5.41) is 3.47. The van der Waals surface area contributed by atoms with Gasteiger partial charge in [0.25, 0.3) is 0 Å². The van der Waals surface area contributed by atoms with E-state index in [2.05, 4.69) is 34.1 Å². The summed E-state index contributed by atoms with van der Waals surface area (Å²) in [5.74, 6) is 1.15. The normalized spacial score (nSPS) is 16.5. The number of rotatable bonds is 5. The molecule has 114 valence electrons. The van der Waals surface area contributed by atoms with Crippen molar-refractivity contribution in [1.82, 2.24) is 14.9 Å². The molecule has 2 aromatic heterocycles. The summed E-state index contributed by atoms with van der Waals surface area (Å²) < 4.78 is 2.28. The van der Waals surface area contributed by atoms with Crippen LogP contribution in [-0.2, 0) is 19.4 Å². The van der Waals surface area contributed by atoms with Gasteiger partial charge in [0.05, 0.1) is 0 Å². The van der Waals surface area contributed by atoms with Crippen LogP contribution in [0, 0.1) is 0 Å². The van der Waals surface area contributed by atoms with E-state index in [1.54, 1.807) is 10.4 Å². The Labute approximate surface area is 131 Å². The van der Waals surface area contributed by atoms with E-state index in [-0.39, 0.29) is 6.04 Å². The molecule has 0 saturated carbocycles. The Hall–Kier alpha value is -1.13. The van der Waals surface area contributed by atoms with Crippen LogP contribution in [0.25, 0.3) is 0 Å². The Balaban J connectivity index is 1.91. The quantitative estimate of drug-likeness (QED) is 0.848. The van der Waals surface area contributed by atoms with Gasteiger partial charge in [0, 0.05) is 28.7 Å². The van der Waals surface area contributed by atoms with Gasteiger partial charge < -0.3 is 9.88 Å². The number of nitrogens with zero attached hydrogens (tertiary/aromatic N) is 2. The van der Waals surface area contributed by atoms with Gasteiger partial charge in [0.1, 0.15) is 11.9 Å². The summed E-state index contributed by atoms with van der Waals surface area (Å²) in [5.41, 5.74) is 1.58. The molecule has 1 N–H and O–H groups in total. The van der Waals surface area contributed by atoms with Crippen molar-refractivity contribution in [1.29, 1.82) is 0 Å². The van der Waals surface area contributed by atoms with Crippen molar-refractivity contribution >= 4 is 11.3 Å². The van der Waals surface area contributed by atoms with Crippen LogP contribution in [0.4, 0.5) is 0 Å². The fraction of sp³-hybridized carbons (Fsp3) is 0.588. The fourth-order valence-corrected chi connectivity index (χ4v) is 4.61. The average Bonchev–Trinajstić information content (AvgIpc) is 3.03. The van der Waals surface area contributed by atoms with E-state index in [0.717, 1.165) is 18.8 Å². The molecule has 0 spiro atoms. The summed E-state index contributed by atoms with van der Waals surface area (Å²) in [6.45, 7) is 3.25. The lowest BCUT2D eigenvalue weighted by atomic mass is 10.1. The maximum atomic E-state index is 4.61. The molecule has 1 atom stereocenters. The monoisotopic (exact) mass is 303 g/mol. The van der Waals surface area contributed by atoms with Crippen molar-refractivity contribution < 1.29 is 0 Å². The summed E-state index contributed by atoms with van der Waals surface area (Å²) >= 11 is 1.99. The number of aryl methyl sites for hydroxylation is 3. The minimum absolute atomic E-state index is 0.225. The van der Waals surface area contributed by atoms with Crippen molar-refractivity contribution in [2.24, 2.45) is 0 Å². The van der Waals surface area contributed by atoms with Gasteiger partial charge in [0.2, 0.25) is 0 Å². The van der Waals surface area contributed by atoms with Crippen molar-refractivity contribution in [2.45, 2.75) is 58.0 Å². The number of imidazole rings is 1. The molecule has 0 saturated heterocycles. The molecule has 3 nitrogen and oxygen atoms in total. The zero-order valence-corrected chi connectivity index (χ0v) is 13.9. The standard InChI is InChI=1S/C17H25N3S/c1-3-10-20-11-9-19-17(20)16(18-2)15-12-13-7-5-4-6-8-14(13)21-15/h9,11-12,16,18H,3-8,10H2,1-2H3. The van der Waals surface area contributed by atoms with Crippen LogP contribution in [0.15, 0.2) is 18.5 Å². The van der Waals surface area contributed by atoms with Crippen LogP contribution in [0.1, 0.15) is 59.8 Å². The van der Waals surface area contributed by atoms with Gasteiger partial charge in [-0.05, 0) is 50.8 Å². The number of fused-ring (bicyclic) bond motifs is 1. The van der Waals surface area contributed by atoms with Gasteiger partial charge in [-0.25, -0.2) is 4.98 Å².